The molecule has 0 radical (unpaired) electrons. The number of likely N-dealkylation sites (N-methyl/N-ethyl adjacent to an activating group) is 1. The van der Waals surface area contributed by atoms with Crippen molar-refractivity contribution in [3.63, 3.8) is 0 Å². The van der Waals surface area contributed by atoms with Crippen molar-refractivity contribution in [1.29, 1.82) is 0 Å². The van der Waals surface area contributed by atoms with Crippen LogP contribution in [-0.4, -0.2) is 50.5 Å². The Morgan fingerprint density at radius 1 is 1.07 bits per heavy atom. The normalized spacial score (nSPS) is 11.4. The summed E-state index contributed by atoms with van der Waals surface area (Å²) in [6.07, 6.45) is 0. The molecule has 0 unspecified atom stereocenters. The number of carbonyl (C=O) groups excluding carboxylic acids is 3. The molecular formula is C20H24N4O4. The first-order valence-electron chi connectivity index (χ1n) is 8.66. The maximum Gasteiger partial charge on any atom is 0.321 e. The standard InChI is InChI=1S/C20H24N4O4/c1-21-20(27)23-19(26)18(14-8-5-4-6-9-14)24(2)13-17(25)22-15-10-7-11-16(12-15)28-3/h4-12,18H,13H2,1-3H3,(H,22,25)(H2,21,23,26,27)/t18-/m1/s1. The molecule has 0 bridgehead atoms. The van der Waals surface area contributed by atoms with E-state index in [0.29, 0.717) is 17.0 Å². The molecule has 8 nitrogen and oxygen atoms in total. The molecule has 0 saturated carbocycles. The minimum absolute atomic E-state index is 0.0576. The van der Waals surface area contributed by atoms with Crippen molar-refractivity contribution in [1.82, 2.24) is 15.5 Å². The van der Waals surface area contributed by atoms with Crippen molar-refractivity contribution in [2.45, 2.75) is 6.04 Å². The lowest BCUT2D eigenvalue weighted by atomic mass is 10.0. The smallest absolute Gasteiger partial charge is 0.321 e. The summed E-state index contributed by atoms with van der Waals surface area (Å²) in [5.41, 5.74) is 1.25. The number of carbonyl (C=O) groups is 3. The highest BCUT2D eigenvalue weighted by Crippen LogP contribution is 2.20. The number of hydrogen-bond acceptors (Lipinski definition) is 5. The second-order valence-electron chi connectivity index (χ2n) is 6.08. The second-order valence-corrected chi connectivity index (χ2v) is 6.08. The Balaban J connectivity index is 2.12. The molecule has 2 rings (SSSR count). The van der Waals surface area contributed by atoms with Crippen molar-refractivity contribution < 1.29 is 19.1 Å². The van der Waals surface area contributed by atoms with Crippen LogP contribution in [0, 0.1) is 0 Å². The first-order chi connectivity index (χ1) is 13.4. The number of methoxy groups -OCH3 is 1. The molecule has 28 heavy (non-hydrogen) atoms. The van der Waals surface area contributed by atoms with Crippen LogP contribution in [0.25, 0.3) is 0 Å². The summed E-state index contributed by atoms with van der Waals surface area (Å²) in [7, 11) is 4.61. The van der Waals surface area contributed by atoms with E-state index in [1.165, 1.54) is 7.05 Å². The van der Waals surface area contributed by atoms with Gasteiger partial charge in [0.15, 0.2) is 0 Å². The number of benzene rings is 2. The highest BCUT2D eigenvalue weighted by atomic mass is 16.5. The van der Waals surface area contributed by atoms with Gasteiger partial charge in [0.05, 0.1) is 13.7 Å². The average Bonchev–Trinajstić information content (AvgIpc) is 2.68. The highest BCUT2D eigenvalue weighted by molar-refractivity contribution is 5.98. The van der Waals surface area contributed by atoms with Crippen LogP contribution < -0.4 is 20.7 Å². The summed E-state index contributed by atoms with van der Waals surface area (Å²) < 4.78 is 5.14. The number of anilines is 1. The second kappa shape index (κ2) is 10.1. The van der Waals surface area contributed by atoms with Crippen molar-refractivity contribution >= 4 is 23.5 Å². The maximum absolute atomic E-state index is 12.6. The molecule has 0 heterocycles. The lowest BCUT2D eigenvalue weighted by molar-refractivity contribution is -0.126. The monoisotopic (exact) mass is 384 g/mol. The number of hydrogen-bond donors (Lipinski definition) is 3. The van der Waals surface area contributed by atoms with E-state index in [4.69, 9.17) is 4.74 Å². The van der Waals surface area contributed by atoms with Crippen LogP contribution in [0.1, 0.15) is 11.6 Å². The molecule has 0 spiro atoms. The number of rotatable bonds is 7. The van der Waals surface area contributed by atoms with Crippen LogP contribution >= 0.6 is 0 Å². The number of amides is 4. The van der Waals surface area contributed by atoms with Gasteiger partial charge >= 0.3 is 6.03 Å². The largest absolute Gasteiger partial charge is 0.497 e. The molecule has 4 amide bonds. The predicted octanol–water partition coefficient (Wildman–Crippen LogP) is 1.76. The molecule has 0 aliphatic heterocycles. The van der Waals surface area contributed by atoms with Gasteiger partial charge in [0.2, 0.25) is 11.8 Å². The topological polar surface area (TPSA) is 99.8 Å². The lowest BCUT2D eigenvalue weighted by Crippen LogP contribution is -2.46. The van der Waals surface area contributed by atoms with E-state index in [-0.39, 0.29) is 12.5 Å². The fourth-order valence-corrected chi connectivity index (χ4v) is 2.70. The van der Waals surface area contributed by atoms with Crippen LogP contribution in [0.15, 0.2) is 54.6 Å². The third kappa shape index (κ3) is 5.82. The Morgan fingerprint density at radius 3 is 2.43 bits per heavy atom. The van der Waals surface area contributed by atoms with E-state index in [2.05, 4.69) is 16.0 Å². The zero-order chi connectivity index (χ0) is 20.5. The van der Waals surface area contributed by atoms with E-state index in [9.17, 15) is 14.4 Å². The van der Waals surface area contributed by atoms with Gasteiger partial charge in [-0.05, 0) is 24.7 Å². The fraction of sp³-hybridized carbons (Fsp3) is 0.250. The van der Waals surface area contributed by atoms with Gasteiger partial charge in [-0.15, -0.1) is 0 Å². The van der Waals surface area contributed by atoms with Crippen molar-refractivity contribution in [2.75, 3.05) is 33.1 Å². The Bertz CT molecular complexity index is 826. The first-order valence-corrected chi connectivity index (χ1v) is 8.66. The van der Waals surface area contributed by atoms with Gasteiger partial charge in [0.25, 0.3) is 0 Å². The van der Waals surface area contributed by atoms with Gasteiger partial charge in [0.1, 0.15) is 11.8 Å². The highest BCUT2D eigenvalue weighted by Gasteiger charge is 2.27. The molecule has 148 valence electrons. The fourth-order valence-electron chi connectivity index (χ4n) is 2.70. The molecule has 0 saturated heterocycles. The van der Waals surface area contributed by atoms with E-state index in [1.54, 1.807) is 67.6 Å². The van der Waals surface area contributed by atoms with E-state index < -0.39 is 18.0 Å². The summed E-state index contributed by atoms with van der Waals surface area (Å²) in [5.74, 6) is -0.204. The first kappa shape index (κ1) is 20.9. The zero-order valence-corrected chi connectivity index (χ0v) is 16.1. The van der Waals surface area contributed by atoms with Crippen LogP contribution in [0.2, 0.25) is 0 Å². The van der Waals surface area contributed by atoms with Gasteiger partial charge in [-0.1, -0.05) is 36.4 Å². The third-order valence-electron chi connectivity index (χ3n) is 4.01. The van der Waals surface area contributed by atoms with E-state index in [0.717, 1.165) is 0 Å². The summed E-state index contributed by atoms with van der Waals surface area (Å²) in [6.45, 7) is -0.0576. The molecule has 0 fully saturated rings. The SMILES string of the molecule is CNC(=O)NC(=O)[C@@H](c1ccccc1)N(C)CC(=O)Nc1cccc(OC)c1. The quantitative estimate of drug-likeness (QED) is 0.676. The Labute approximate surface area is 163 Å². The van der Waals surface area contributed by atoms with Crippen LogP contribution in [0.5, 0.6) is 5.75 Å². The van der Waals surface area contributed by atoms with Crippen LogP contribution in [0.3, 0.4) is 0 Å². The van der Waals surface area contributed by atoms with Crippen LogP contribution in [-0.2, 0) is 9.59 Å². The summed E-state index contributed by atoms with van der Waals surface area (Å²) in [4.78, 5) is 38.2. The van der Waals surface area contributed by atoms with Crippen LogP contribution in [0.4, 0.5) is 10.5 Å². The number of ether oxygens (including phenoxy) is 1. The molecule has 0 aliphatic rings. The molecular weight excluding hydrogens is 360 g/mol. The minimum atomic E-state index is -0.811. The van der Waals surface area contributed by atoms with E-state index in [1.807, 2.05) is 6.07 Å². The van der Waals surface area contributed by atoms with Gasteiger partial charge in [-0.2, -0.15) is 0 Å². The Morgan fingerprint density at radius 2 is 1.79 bits per heavy atom. The Kier molecular flexibility index (Phi) is 7.53. The van der Waals surface area contributed by atoms with Crippen molar-refractivity contribution in [2.24, 2.45) is 0 Å². The molecule has 0 aromatic heterocycles. The van der Waals surface area contributed by atoms with E-state index >= 15 is 0 Å². The third-order valence-corrected chi connectivity index (χ3v) is 4.01. The van der Waals surface area contributed by atoms with Crippen molar-refractivity contribution in [3.8, 4) is 5.75 Å². The maximum atomic E-state index is 12.6. The molecule has 8 heteroatoms. The number of nitrogens with zero attached hydrogens (tertiary/aromatic N) is 1. The summed E-state index contributed by atoms with van der Waals surface area (Å²) in [6, 6.07) is 14.5. The molecule has 2 aromatic carbocycles. The molecule has 1 atom stereocenters. The number of urea groups is 1. The van der Waals surface area contributed by atoms with Crippen molar-refractivity contribution in [3.05, 3.63) is 60.2 Å². The van der Waals surface area contributed by atoms with Gasteiger partial charge in [-0.25, -0.2) is 4.79 Å². The lowest BCUT2D eigenvalue weighted by Gasteiger charge is -2.26. The predicted molar refractivity (Wildman–Crippen MR) is 106 cm³/mol. The minimum Gasteiger partial charge on any atom is -0.497 e. The van der Waals surface area contributed by atoms with Gasteiger partial charge in [-0.3, -0.25) is 19.8 Å². The summed E-state index contributed by atoms with van der Waals surface area (Å²) >= 11 is 0. The summed E-state index contributed by atoms with van der Waals surface area (Å²) in [5, 5.41) is 7.39. The molecule has 3 N–H and O–H groups in total. The average molecular weight is 384 g/mol. The zero-order valence-electron chi connectivity index (χ0n) is 16.1. The molecule has 0 aliphatic carbocycles. The van der Waals surface area contributed by atoms with Gasteiger partial charge < -0.3 is 15.4 Å². The number of nitrogens with one attached hydrogen (secondary N) is 3. The van der Waals surface area contributed by atoms with Gasteiger partial charge in [0, 0.05) is 18.8 Å². The number of imide groups is 1. The molecule has 2 aromatic rings. The Hall–Kier alpha value is -3.39.